The van der Waals surface area contributed by atoms with E-state index in [1.165, 1.54) is 12.1 Å². The zero-order valence-electron chi connectivity index (χ0n) is 11.2. The summed E-state index contributed by atoms with van der Waals surface area (Å²) >= 11 is 0. The highest BCUT2D eigenvalue weighted by atomic mass is 19.1. The van der Waals surface area contributed by atoms with E-state index in [1.807, 2.05) is 6.07 Å². The van der Waals surface area contributed by atoms with Crippen LogP contribution in [-0.4, -0.2) is 11.0 Å². The average Bonchev–Trinajstić information content (AvgIpc) is 2.45. The van der Waals surface area contributed by atoms with Crippen molar-refractivity contribution in [3.63, 3.8) is 0 Å². The van der Waals surface area contributed by atoms with Gasteiger partial charge in [-0.2, -0.15) is 0 Å². The molecule has 0 radical (unpaired) electrons. The zero-order chi connectivity index (χ0) is 14.5. The second-order valence-corrected chi connectivity index (χ2v) is 4.64. The van der Waals surface area contributed by atoms with Crippen molar-refractivity contribution in [2.24, 2.45) is 0 Å². The van der Waals surface area contributed by atoms with Crippen LogP contribution in [0.5, 0.6) is 0 Å². The summed E-state index contributed by atoms with van der Waals surface area (Å²) in [4.78, 5) is 11.9. The van der Waals surface area contributed by atoms with Crippen molar-refractivity contribution >= 4 is 5.91 Å². The van der Waals surface area contributed by atoms with E-state index in [2.05, 4.69) is 5.32 Å². The molecule has 0 bridgehead atoms. The molecule has 0 aliphatic carbocycles. The van der Waals surface area contributed by atoms with Gasteiger partial charge in [0.25, 0.3) is 5.91 Å². The molecular weight excluding hydrogens is 257 g/mol. The molecular formula is C16H16FNO2. The Balaban J connectivity index is 2.04. The lowest BCUT2D eigenvalue weighted by Gasteiger charge is -2.07. The van der Waals surface area contributed by atoms with E-state index < -0.39 is 11.7 Å². The fraction of sp³-hybridized carbons (Fsp3) is 0.188. The van der Waals surface area contributed by atoms with Crippen LogP contribution in [0.15, 0.2) is 42.5 Å². The standard InChI is InChI=1S/C16H16FNO2/c1-11-5-6-14(15(17)7-11)16(20)18-9-12-3-2-4-13(8-12)10-19/h2-8,19H,9-10H2,1H3,(H,18,20). The first-order chi connectivity index (χ1) is 9.60. The van der Waals surface area contributed by atoms with Gasteiger partial charge in [-0.05, 0) is 35.7 Å². The fourth-order valence-electron chi connectivity index (χ4n) is 1.92. The molecule has 2 aromatic carbocycles. The van der Waals surface area contributed by atoms with Gasteiger partial charge in [0.2, 0.25) is 0 Å². The number of rotatable bonds is 4. The number of aryl methyl sites for hydroxylation is 1. The van der Waals surface area contributed by atoms with Crippen LogP contribution in [0, 0.1) is 12.7 Å². The molecule has 2 aromatic rings. The molecule has 0 saturated heterocycles. The average molecular weight is 273 g/mol. The Kier molecular flexibility index (Phi) is 4.48. The second-order valence-electron chi connectivity index (χ2n) is 4.64. The van der Waals surface area contributed by atoms with Crippen molar-refractivity contribution in [3.8, 4) is 0 Å². The summed E-state index contributed by atoms with van der Waals surface area (Å²) in [5.74, 6) is -0.969. The molecule has 1 amide bonds. The summed E-state index contributed by atoms with van der Waals surface area (Å²) in [6.07, 6.45) is 0. The molecule has 20 heavy (non-hydrogen) atoms. The number of hydrogen-bond donors (Lipinski definition) is 2. The van der Waals surface area contributed by atoms with Gasteiger partial charge in [-0.3, -0.25) is 4.79 Å². The Labute approximate surface area is 117 Å². The maximum absolute atomic E-state index is 13.7. The number of hydrogen-bond acceptors (Lipinski definition) is 2. The molecule has 0 aliphatic rings. The predicted octanol–water partition coefficient (Wildman–Crippen LogP) is 2.56. The number of benzene rings is 2. The highest BCUT2D eigenvalue weighted by molar-refractivity contribution is 5.94. The first-order valence-corrected chi connectivity index (χ1v) is 6.33. The Hall–Kier alpha value is -2.20. The Morgan fingerprint density at radius 2 is 1.95 bits per heavy atom. The predicted molar refractivity (Wildman–Crippen MR) is 74.7 cm³/mol. The van der Waals surface area contributed by atoms with Crippen molar-refractivity contribution in [2.45, 2.75) is 20.1 Å². The monoisotopic (exact) mass is 273 g/mol. The zero-order valence-corrected chi connectivity index (χ0v) is 11.2. The number of halogens is 1. The van der Waals surface area contributed by atoms with Crippen LogP contribution in [0.1, 0.15) is 27.0 Å². The van der Waals surface area contributed by atoms with Crippen LogP contribution in [-0.2, 0) is 13.2 Å². The van der Waals surface area contributed by atoms with E-state index >= 15 is 0 Å². The molecule has 2 N–H and O–H groups in total. The molecule has 0 heterocycles. The minimum atomic E-state index is -0.522. The molecule has 2 rings (SSSR count). The third-order valence-electron chi connectivity index (χ3n) is 3.00. The van der Waals surface area contributed by atoms with Gasteiger partial charge < -0.3 is 10.4 Å². The maximum Gasteiger partial charge on any atom is 0.254 e. The highest BCUT2D eigenvalue weighted by Gasteiger charge is 2.11. The summed E-state index contributed by atoms with van der Waals surface area (Å²) in [7, 11) is 0. The van der Waals surface area contributed by atoms with E-state index in [-0.39, 0.29) is 12.2 Å². The molecule has 0 aliphatic heterocycles. The summed E-state index contributed by atoms with van der Waals surface area (Å²) < 4.78 is 13.7. The van der Waals surface area contributed by atoms with Crippen molar-refractivity contribution in [1.82, 2.24) is 5.32 Å². The van der Waals surface area contributed by atoms with Gasteiger partial charge in [0.05, 0.1) is 12.2 Å². The minimum absolute atomic E-state index is 0.0360. The molecule has 0 spiro atoms. The van der Waals surface area contributed by atoms with E-state index in [9.17, 15) is 9.18 Å². The van der Waals surface area contributed by atoms with Gasteiger partial charge in [-0.15, -0.1) is 0 Å². The van der Waals surface area contributed by atoms with Crippen LogP contribution < -0.4 is 5.32 Å². The lowest BCUT2D eigenvalue weighted by atomic mass is 10.1. The van der Waals surface area contributed by atoms with E-state index in [4.69, 9.17) is 5.11 Å². The SMILES string of the molecule is Cc1ccc(C(=O)NCc2cccc(CO)c2)c(F)c1. The van der Waals surface area contributed by atoms with Gasteiger partial charge in [-0.1, -0.05) is 30.3 Å². The number of amides is 1. The Bertz CT molecular complexity index is 626. The maximum atomic E-state index is 13.7. The van der Waals surface area contributed by atoms with Crippen LogP contribution in [0.25, 0.3) is 0 Å². The molecule has 104 valence electrons. The lowest BCUT2D eigenvalue weighted by molar-refractivity contribution is 0.0947. The van der Waals surface area contributed by atoms with Crippen LogP contribution >= 0.6 is 0 Å². The first kappa shape index (κ1) is 14.2. The van der Waals surface area contributed by atoms with Gasteiger partial charge in [0.15, 0.2) is 0 Å². The summed E-state index contributed by atoms with van der Waals surface area (Å²) in [5, 5.41) is 11.7. The Morgan fingerprint density at radius 1 is 1.20 bits per heavy atom. The summed E-state index contributed by atoms with van der Waals surface area (Å²) in [6.45, 7) is 2.01. The number of aliphatic hydroxyl groups is 1. The summed E-state index contributed by atoms with van der Waals surface area (Å²) in [6, 6.07) is 11.7. The molecule has 0 aromatic heterocycles. The van der Waals surface area contributed by atoms with Crippen molar-refractivity contribution in [1.29, 1.82) is 0 Å². The Morgan fingerprint density at radius 3 is 2.65 bits per heavy atom. The van der Waals surface area contributed by atoms with Crippen molar-refractivity contribution < 1.29 is 14.3 Å². The lowest BCUT2D eigenvalue weighted by Crippen LogP contribution is -2.23. The molecule has 0 fully saturated rings. The number of nitrogens with one attached hydrogen (secondary N) is 1. The molecule has 4 heteroatoms. The minimum Gasteiger partial charge on any atom is -0.392 e. The number of carbonyl (C=O) groups excluding carboxylic acids is 1. The molecule has 0 unspecified atom stereocenters. The van der Waals surface area contributed by atoms with Crippen molar-refractivity contribution in [2.75, 3.05) is 0 Å². The largest absolute Gasteiger partial charge is 0.392 e. The third-order valence-corrected chi connectivity index (χ3v) is 3.00. The summed E-state index contributed by atoms with van der Waals surface area (Å²) in [5.41, 5.74) is 2.44. The first-order valence-electron chi connectivity index (χ1n) is 6.33. The molecule has 0 saturated carbocycles. The van der Waals surface area contributed by atoms with E-state index in [0.717, 1.165) is 16.7 Å². The number of aliphatic hydroxyl groups excluding tert-OH is 1. The second kappa shape index (κ2) is 6.30. The molecule has 0 atom stereocenters. The fourth-order valence-corrected chi connectivity index (χ4v) is 1.92. The van der Waals surface area contributed by atoms with Gasteiger partial charge in [-0.25, -0.2) is 4.39 Å². The van der Waals surface area contributed by atoms with E-state index in [0.29, 0.717) is 6.54 Å². The van der Waals surface area contributed by atoms with Crippen LogP contribution in [0.3, 0.4) is 0 Å². The van der Waals surface area contributed by atoms with Crippen LogP contribution in [0.2, 0.25) is 0 Å². The third kappa shape index (κ3) is 3.42. The van der Waals surface area contributed by atoms with Gasteiger partial charge in [0.1, 0.15) is 5.82 Å². The van der Waals surface area contributed by atoms with Gasteiger partial charge in [0, 0.05) is 6.54 Å². The van der Waals surface area contributed by atoms with Gasteiger partial charge >= 0.3 is 0 Å². The smallest absolute Gasteiger partial charge is 0.254 e. The highest BCUT2D eigenvalue weighted by Crippen LogP contribution is 2.10. The van der Waals surface area contributed by atoms with Crippen molar-refractivity contribution in [3.05, 3.63) is 70.5 Å². The molecule has 3 nitrogen and oxygen atoms in total. The normalized spacial score (nSPS) is 10.3. The number of carbonyl (C=O) groups is 1. The van der Waals surface area contributed by atoms with Crippen LogP contribution in [0.4, 0.5) is 4.39 Å². The van der Waals surface area contributed by atoms with E-state index in [1.54, 1.807) is 31.2 Å². The quantitative estimate of drug-likeness (QED) is 0.899. The topological polar surface area (TPSA) is 49.3 Å².